The van der Waals surface area contributed by atoms with E-state index in [1.807, 2.05) is 0 Å². The number of amides is 1. The Morgan fingerprint density at radius 3 is 2.55 bits per heavy atom. The average Bonchev–Trinajstić information content (AvgIpc) is 2.25. The summed E-state index contributed by atoms with van der Waals surface area (Å²) in [6.07, 6.45) is -9.17. The number of halogens is 3. The van der Waals surface area contributed by atoms with Gasteiger partial charge in [0.1, 0.15) is 5.60 Å². The standard InChI is InChI=1S/C12H20F3NO4/c1-11(2,3)20-10(18)16-4-5-19-8(7-16)6-9(17)12(13,14)15/h8-9,17H,4-7H2,1-3H3. The van der Waals surface area contributed by atoms with Gasteiger partial charge in [0, 0.05) is 13.0 Å². The molecule has 0 aromatic rings. The number of alkyl halides is 3. The van der Waals surface area contributed by atoms with Gasteiger partial charge in [-0.25, -0.2) is 4.79 Å². The third-order valence-corrected chi connectivity index (χ3v) is 2.65. The predicted molar refractivity (Wildman–Crippen MR) is 64.2 cm³/mol. The molecule has 20 heavy (non-hydrogen) atoms. The average molecular weight is 299 g/mol. The Hall–Kier alpha value is -1.02. The summed E-state index contributed by atoms with van der Waals surface area (Å²) in [5, 5.41) is 9.01. The van der Waals surface area contributed by atoms with E-state index >= 15 is 0 Å². The van der Waals surface area contributed by atoms with Gasteiger partial charge in [-0.3, -0.25) is 0 Å². The third-order valence-electron chi connectivity index (χ3n) is 2.65. The predicted octanol–water partition coefficient (Wildman–Crippen LogP) is 1.94. The summed E-state index contributed by atoms with van der Waals surface area (Å²) in [7, 11) is 0. The van der Waals surface area contributed by atoms with Crippen molar-refractivity contribution in [2.75, 3.05) is 19.7 Å². The maximum atomic E-state index is 12.3. The minimum Gasteiger partial charge on any atom is -0.444 e. The van der Waals surface area contributed by atoms with E-state index < -0.39 is 36.5 Å². The Morgan fingerprint density at radius 2 is 2.05 bits per heavy atom. The SMILES string of the molecule is CC(C)(C)OC(=O)N1CCOC(CC(O)C(F)(F)F)C1. The van der Waals surface area contributed by atoms with Crippen LogP contribution in [0.1, 0.15) is 27.2 Å². The molecule has 1 heterocycles. The molecule has 1 N–H and O–H groups in total. The quantitative estimate of drug-likeness (QED) is 0.846. The van der Waals surface area contributed by atoms with Gasteiger partial charge in [-0.15, -0.1) is 0 Å². The van der Waals surface area contributed by atoms with Crippen molar-refractivity contribution >= 4 is 6.09 Å². The first-order valence-electron chi connectivity index (χ1n) is 6.33. The zero-order valence-electron chi connectivity index (χ0n) is 11.7. The molecule has 0 saturated carbocycles. The molecule has 0 radical (unpaired) electrons. The molecule has 2 unspecified atom stereocenters. The molecule has 0 aromatic heterocycles. The Kier molecular flexibility index (Phi) is 5.26. The number of carbonyl (C=O) groups excluding carboxylic acids is 1. The van der Waals surface area contributed by atoms with Crippen LogP contribution in [0.25, 0.3) is 0 Å². The van der Waals surface area contributed by atoms with Crippen molar-refractivity contribution in [1.29, 1.82) is 0 Å². The summed E-state index contributed by atoms with van der Waals surface area (Å²) in [6, 6.07) is 0. The molecule has 1 aliphatic heterocycles. The summed E-state index contributed by atoms with van der Waals surface area (Å²) in [6.45, 7) is 5.47. The molecule has 2 atom stereocenters. The molecule has 1 saturated heterocycles. The second kappa shape index (κ2) is 6.17. The first-order valence-corrected chi connectivity index (χ1v) is 6.33. The van der Waals surface area contributed by atoms with Gasteiger partial charge in [-0.1, -0.05) is 0 Å². The minimum absolute atomic E-state index is 0.0257. The van der Waals surface area contributed by atoms with Crippen molar-refractivity contribution < 1.29 is 32.5 Å². The summed E-state index contributed by atoms with van der Waals surface area (Å²) >= 11 is 0. The number of aliphatic hydroxyl groups excluding tert-OH is 1. The number of nitrogens with zero attached hydrogens (tertiary/aromatic N) is 1. The van der Waals surface area contributed by atoms with Gasteiger partial charge in [-0.2, -0.15) is 13.2 Å². The number of rotatable bonds is 2. The van der Waals surface area contributed by atoms with Gasteiger partial charge >= 0.3 is 12.3 Å². The molecule has 1 aliphatic rings. The second-order valence-corrected chi connectivity index (χ2v) is 5.71. The van der Waals surface area contributed by atoms with Crippen LogP contribution in [0.3, 0.4) is 0 Å². The van der Waals surface area contributed by atoms with Crippen LogP contribution in [0.5, 0.6) is 0 Å². The summed E-state index contributed by atoms with van der Waals surface area (Å²) in [5.41, 5.74) is -0.670. The lowest BCUT2D eigenvalue weighted by molar-refractivity contribution is -0.214. The summed E-state index contributed by atoms with van der Waals surface area (Å²) in [4.78, 5) is 13.1. The topological polar surface area (TPSA) is 59.0 Å². The van der Waals surface area contributed by atoms with E-state index in [0.29, 0.717) is 0 Å². The van der Waals surface area contributed by atoms with Gasteiger partial charge in [-0.05, 0) is 20.8 Å². The first-order chi connectivity index (χ1) is 8.99. The largest absolute Gasteiger partial charge is 0.444 e. The molecular weight excluding hydrogens is 279 g/mol. The van der Waals surface area contributed by atoms with Crippen LogP contribution in [0.15, 0.2) is 0 Å². The highest BCUT2D eigenvalue weighted by atomic mass is 19.4. The van der Waals surface area contributed by atoms with Crippen molar-refractivity contribution in [2.24, 2.45) is 0 Å². The van der Waals surface area contributed by atoms with Gasteiger partial charge in [0.15, 0.2) is 6.10 Å². The minimum atomic E-state index is -4.68. The van der Waals surface area contributed by atoms with Crippen molar-refractivity contribution in [3.63, 3.8) is 0 Å². The highest BCUT2D eigenvalue weighted by Crippen LogP contribution is 2.25. The van der Waals surface area contributed by atoms with E-state index in [0.717, 1.165) is 0 Å². The van der Waals surface area contributed by atoms with Gasteiger partial charge in [0.05, 0.1) is 19.3 Å². The van der Waals surface area contributed by atoms with Crippen LogP contribution in [-0.2, 0) is 9.47 Å². The molecule has 1 fully saturated rings. The lowest BCUT2D eigenvalue weighted by Gasteiger charge is -2.35. The van der Waals surface area contributed by atoms with Crippen molar-refractivity contribution in [3.05, 3.63) is 0 Å². The van der Waals surface area contributed by atoms with Crippen LogP contribution < -0.4 is 0 Å². The molecular formula is C12H20F3NO4. The van der Waals surface area contributed by atoms with E-state index in [-0.39, 0.29) is 19.7 Å². The van der Waals surface area contributed by atoms with Gasteiger partial charge < -0.3 is 19.5 Å². The van der Waals surface area contributed by atoms with E-state index in [1.165, 1.54) is 4.90 Å². The Morgan fingerprint density at radius 1 is 1.45 bits per heavy atom. The highest BCUT2D eigenvalue weighted by Gasteiger charge is 2.41. The third kappa shape index (κ3) is 5.54. The maximum Gasteiger partial charge on any atom is 0.414 e. The zero-order chi connectivity index (χ0) is 15.6. The lowest BCUT2D eigenvalue weighted by Crippen LogP contribution is -2.49. The number of ether oxygens (including phenoxy) is 2. The Bertz CT molecular complexity index is 341. The molecule has 1 rings (SSSR count). The van der Waals surface area contributed by atoms with Gasteiger partial charge in [0.2, 0.25) is 0 Å². The maximum absolute atomic E-state index is 12.3. The monoisotopic (exact) mass is 299 g/mol. The first kappa shape index (κ1) is 17.0. The Labute approximate surface area is 115 Å². The number of aliphatic hydroxyl groups is 1. The summed E-state index contributed by atoms with van der Waals surface area (Å²) in [5.74, 6) is 0. The molecule has 118 valence electrons. The van der Waals surface area contributed by atoms with E-state index in [9.17, 15) is 18.0 Å². The molecule has 8 heteroatoms. The van der Waals surface area contributed by atoms with Crippen LogP contribution in [-0.4, -0.2) is 59.8 Å². The molecule has 0 aromatic carbocycles. The number of carbonyl (C=O) groups is 1. The molecule has 0 spiro atoms. The number of hydrogen-bond acceptors (Lipinski definition) is 4. The molecule has 0 bridgehead atoms. The van der Waals surface area contributed by atoms with Crippen LogP contribution in [0.4, 0.5) is 18.0 Å². The number of hydrogen-bond donors (Lipinski definition) is 1. The fraction of sp³-hybridized carbons (Fsp3) is 0.917. The second-order valence-electron chi connectivity index (χ2n) is 5.71. The van der Waals surface area contributed by atoms with Crippen LogP contribution in [0.2, 0.25) is 0 Å². The van der Waals surface area contributed by atoms with Crippen molar-refractivity contribution in [3.8, 4) is 0 Å². The van der Waals surface area contributed by atoms with Crippen LogP contribution >= 0.6 is 0 Å². The van der Waals surface area contributed by atoms with Crippen molar-refractivity contribution in [2.45, 2.75) is 51.2 Å². The van der Waals surface area contributed by atoms with Gasteiger partial charge in [0.25, 0.3) is 0 Å². The summed E-state index contributed by atoms with van der Waals surface area (Å²) < 4.78 is 47.1. The van der Waals surface area contributed by atoms with E-state index in [1.54, 1.807) is 20.8 Å². The fourth-order valence-electron chi connectivity index (χ4n) is 1.74. The zero-order valence-corrected chi connectivity index (χ0v) is 11.7. The van der Waals surface area contributed by atoms with E-state index in [4.69, 9.17) is 14.6 Å². The van der Waals surface area contributed by atoms with E-state index in [2.05, 4.69) is 0 Å². The highest BCUT2D eigenvalue weighted by molar-refractivity contribution is 5.68. The number of morpholine rings is 1. The Balaban J connectivity index is 2.52. The van der Waals surface area contributed by atoms with Crippen molar-refractivity contribution in [1.82, 2.24) is 4.90 Å². The normalized spacial score (nSPS) is 22.6. The molecule has 1 amide bonds. The molecule has 0 aliphatic carbocycles. The lowest BCUT2D eigenvalue weighted by atomic mass is 10.1. The van der Waals surface area contributed by atoms with Crippen LogP contribution in [0, 0.1) is 0 Å². The molecule has 5 nitrogen and oxygen atoms in total. The smallest absolute Gasteiger partial charge is 0.414 e. The fourth-order valence-corrected chi connectivity index (χ4v) is 1.74.